The standard InChI is InChI=1S/C29H41FN2O5/c1-36-25-8-4-23(5-9-25)27(34)37-29(28(31)35)15-10-20(11-16-29)12-17-32-18-13-22(14-19-32)26(33)21-2-6-24(30)7-3-21/h2-3,6-7,20,22-23,25H,4-5,8-19H2,1H3,(H2,31,35). The maximum absolute atomic E-state index is 13.2. The van der Waals surface area contributed by atoms with E-state index in [9.17, 15) is 18.8 Å². The highest BCUT2D eigenvalue weighted by molar-refractivity contribution is 5.97. The van der Waals surface area contributed by atoms with Gasteiger partial charge in [0.25, 0.3) is 5.91 Å². The lowest BCUT2D eigenvalue weighted by atomic mass is 9.76. The molecule has 3 aliphatic rings. The van der Waals surface area contributed by atoms with E-state index >= 15 is 0 Å². The van der Waals surface area contributed by atoms with Crippen molar-refractivity contribution >= 4 is 17.7 Å². The van der Waals surface area contributed by atoms with Gasteiger partial charge in [0, 0.05) is 18.6 Å². The number of nitrogens with two attached hydrogens (primary N) is 1. The first-order valence-electron chi connectivity index (χ1n) is 13.9. The molecule has 0 spiro atoms. The fourth-order valence-corrected chi connectivity index (χ4v) is 6.28. The third kappa shape index (κ3) is 6.96. The van der Waals surface area contributed by atoms with Crippen molar-refractivity contribution in [1.82, 2.24) is 4.90 Å². The van der Waals surface area contributed by atoms with Gasteiger partial charge in [0.05, 0.1) is 12.0 Å². The molecule has 2 N–H and O–H groups in total. The van der Waals surface area contributed by atoms with Gasteiger partial charge in [-0.25, -0.2) is 4.39 Å². The molecular weight excluding hydrogens is 475 g/mol. The van der Waals surface area contributed by atoms with E-state index in [1.54, 1.807) is 19.2 Å². The maximum atomic E-state index is 13.2. The summed E-state index contributed by atoms with van der Waals surface area (Å²) in [7, 11) is 1.70. The number of methoxy groups -OCH3 is 1. The van der Waals surface area contributed by atoms with Crippen LogP contribution in [0.1, 0.15) is 81.0 Å². The van der Waals surface area contributed by atoms with E-state index in [0.29, 0.717) is 24.3 Å². The van der Waals surface area contributed by atoms with Crippen molar-refractivity contribution in [3.05, 3.63) is 35.6 Å². The van der Waals surface area contributed by atoms with Crippen molar-refractivity contribution in [2.75, 3.05) is 26.7 Å². The quantitative estimate of drug-likeness (QED) is 0.389. The molecule has 0 unspecified atom stereocenters. The highest BCUT2D eigenvalue weighted by Crippen LogP contribution is 2.38. The second-order valence-electron chi connectivity index (χ2n) is 11.2. The molecule has 0 aromatic heterocycles. The van der Waals surface area contributed by atoms with Gasteiger partial charge in [0.15, 0.2) is 11.4 Å². The van der Waals surface area contributed by atoms with E-state index in [1.165, 1.54) is 12.1 Å². The molecule has 37 heavy (non-hydrogen) atoms. The Balaban J connectivity index is 1.19. The molecule has 0 radical (unpaired) electrons. The zero-order chi connectivity index (χ0) is 26.4. The number of amides is 1. The smallest absolute Gasteiger partial charge is 0.309 e. The Morgan fingerprint density at radius 2 is 1.57 bits per heavy atom. The van der Waals surface area contributed by atoms with Crippen molar-refractivity contribution in [3.8, 4) is 0 Å². The molecule has 0 atom stereocenters. The molecule has 2 aliphatic carbocycles. The number of ether oxygens (including phenoxy) is 2. The lowest BCUT2D eigenvalue weighted by Crippen LogP contribution is -2.51. The van der Waals surface area contributed by atoms with Gasteiger partial charge in [0.2, 0.25) is 0 Å². The SMILES string of the molecule is COC1CCC(C(=O)OC2(C(N)=O)CCC(CCN3CCC(C(=O)c4ccc(F)cc4)CC3)CC2)CC1. The third-order valence-corrected chi connectivity index (χ3v) is 8.94. The van der Waals surface area contributed by atoms with Crippen molar-refractivity contribution in [2.24, 2.45) is 23.5 Å². The number of hydrogen-bond donors (Lipinski definition) is 1. The van der Waals surface area contributed by atoms with Crippen LogP contribution in [-0.2, 0) is 19.1 Å². The normalized spacial score (nSPS) is 29.5. The van der Waals surface area contributed by atoms with Crippen molar-refractivity contribution in [2.45, 2.75) is 82.3 Å². The molecule has 1 aliphatic heterocycles. The lowest BCUT2D eigenvalue weighted by molar-refractivity contribution is -0.177. The van der Waals surface area contributed by atoms with Crippen LogP contribution in [0.25, 0.3) is 0 Å². The van der Waals surface area contributed by atoms with Gasteiger partial charge >= 0.3 is 5.97 Å². The van der Waals surface area contributed by atoms with E-state index in [1.807, 2.05) is 0 Å². The van der Waals surface area contributed by atoms with Crippen LogP contribution >= 0.6 is 0 Å². The summed E-state index contributed by atoms with van der Waals surface area (Å²) in [6, 6.07) is 5.82. The van der Waals surface area contributed by atoms with E-state index in [0.717, 1.165) is 77.4 Å². The molecule has 8 heteroatoms. The number of carbonyl (C=O) groups is 3. The van der Waals surface area contributed by atoms with Gasteiger partial charge in [-0.1, -0.05) is 0 Å². The van der Waals surface area contributed by atoms with Gasteiger partial charge < -0.3 is 20.1 Å². The molecule has 1 heterocycles. The van der Waals surface area contributed by atoms with Crippen LogP contribution in [0, 0.1) is 23.6 Å². The first kappa shape index (κ1) is 27.7. The molecule has 1 aromatic rings. The molecule has 0 bridgehead atoms. The van der Waals surface area contributed by atoms with Crippen LogP contribution in [0.2, 0.25) is 0 Å². The minimum absolute atomic E-state index is 0.00758. The minimum atomic E-state index is -1.18. The minimum Gasteiger partial charge on any atom is -0.449 e. The van der Waals surface area contributed by atoms with Crippen LogP contribution in [-0.4, -0.2) is 61.0 Å². The summed E-state index contributed by atoms with van der Waals surface area (Å²) in [4.78, 5) is 40.4. The van der Waals surface area contributed by atoms with Gasteiger partial charge in [-0.05, 0) is 120 Å². The Morgan fingerprint density at radius 1 is 0.946 bits per heavy atom. The average molecular weight is 517 g/mol. The Hall–Kier alpha value is -2.32. The Morgan fingerprint density at radius 3 is 2.14 bits per heavy atom. The Kier molecular flexibility index (Phi) is 9.35. The number of ketones is 1. The van der Waals surface area contributed by atoms with Crippen LogP contribution < -0.4 is 5.73 Å². The van der Waals surface area contributed by atoms with Gasteiger partial charge in [-0.3, -0.25) is 14.4 Å². The summed E-state index contributed by atoms with van der Waals surface area (Å²) in [5.41, 5.74) is 5.17. The number of rotatable bonds is 9. The highest BCUT2D eigenvalue weighted by atomic mass is 19.1. The number of carbonyl (C=O) groups excluding carboxylic acids is 3. The maximum Gasteiger partial charge on any atom is 0.309 e. The Bertz CT molecular complexity index is 928. The number of esters is 1. The molecule has 1 saturated heterocycles. The summed E-state index contributed by atoms with van der Waals surface area (Å²) in [6.45, 7) is 2.70. The number of halogens is 1. The van der Waals surface area contributed by atoms with Crippen molar-refractivity contribution < 1.29 is 28.2 Å². The van der Waals surface area contributed by atoms with Crippen LogP contribution in [0.5, 0.6) is 0 Å². The van der Waals surface area contributed by atoms with Crippen molar-refractivity contribution in [3.63, 3.8) is 0 Å². The third-order valence-electron chi connectivity index (χ3n) is 8.94. The zero-order valence-electron chi connectivity index (χ0n) is 22.0. The number of hydrogen-bond acceptors (Lipinski definition) is 6. The fraction of sp³-hybridized carbons (Fsp3) is 0.690. The summed E-state index contributed by atoms with van der Waals surface area (Å²) >= 11 is 0. The summed E-state index contributed by atoms with van der Waals surface area (Å²) in [5.74, 6) is -0.768. The largest absolute Gasteiger partial charge is 0.449 e. The first-order chi connectivity index (χ1) is 17.8. The predicted octanol–water partition coefficient (Wildman–Crippen LogP) is 4.27. The first-order valence-corrected chi connectivity index (χ1v) is 13.9. The monoisotopic (exact) mass is 516 g/mol. The molecule has 4 rings (SSSR count). The number of piperidine rings is 1. The van der Waals surface area contributed by atoms with E-state index in [4.69, 9.17) is 15.2 Å². The summed E-state index contributed by atoms with van der Waals surface area (Å²) in [6.07, 6.45) is 8.55. The van der Waals surface area contributed by atoms with Crippen LogP contribution in [0.3, 0.4) is 0 Å². The molecule has 3 fully saturated rings. The van der Waals surface area contributed by atoms with Crippen molar-refractivity contribution in [1.29, 1.82) is 0 Å². The van der Waals surface area contributed by atoms with Gasteiger partial charge in [-0.15, -0.1) is 0 Å². The number of benzene rings is 1. The number of Topliss-reactive ketones (excluding diaryl/α,β-unsaturated/α-hetero) is 1. The van der Waals surface area contributed by atoms with E-state index in [2.05, 4.69) is 4.90 Å². The predicted molar refractivity (Wildman–Crippen MR) is 137 cm³/mol. The van der Waals surface area contributed by atoms with E-state index in [-0.39, 0.29) is 35.5 Å². The Labute approximate surface area is 219 Å². The van der Waals surface area contributed by atoms with Crippen LogP contribution in [0.4, 0.5) is 4.39 Å². The molecule has 2 saturated carbocycles. The zero-order valence-corrected chi connectivity index (χ0v) is 22.0. The summed E-state index contributed by atoms with van der Waals surface area (Å²) in [5, 5.41) is 0. The second-order valence-corrected chi connectivity index (χ2v) is 11.2. The fourth-order valence-electron chi connectivity index (χ4n) is 6.28. The van der Waals surface area contributed by atoms with Crippen LogP contribution in [0.15, 0.2) is 24.3 Å². The van der Waals surface area contributed by atoms with Gasteiger partial charge in [0.1, 0.15) is 5.82 Å². The molecule has 204 valence electrons. The van der Waals surface area contributed by atoms with Gasteiger partial charge in [-0.2, -0.15) is 0 Å². The van der Waals surface area contributed by atoms with E-state index < -0.39 is 11.5 Å². The highest BCUT2D eigenvalue weighted by Gasteiger charge is 2.45. The average Bonchev–Trinajstić information content (AvgIpc) is 2.93. The number of primary amides is 1. The molecule has 7 nitrogen and oxygen atoms in total. The molecular formula is C29H41FN2O5. The number of likely N-dealkylation sites (tertiary alicyclic amines) is 1. The topological polar surface area (TPSA) is 98.9 Å². The molecule has 1 aromatic carbocycles. The number of nitrogens with zero attached hydrogens (tertiary/aromatic N) is 1. The lowest BCUT2D eigenvalue weighted by Gasteiger charge is -2.39. The second kappa shape index (κ2) is 12.5. The molecule has 1 amide bonds. The summed E-state index contributed by atoms with van der Waals surface area (Å²) < 4.78 is 24.4.